The molecule has 0 bridgehead atoms. The molecule has 214 valence electrons. The Bertz CT molecular complexity index is 947. The van der Waals surface area contributed by atoms with Crippen molar-refractivity contribution in [3.05, 3.63) is 11.8 Å². The number of ether oxygens (including phenoxy) is 4. The Labute approximate surface area is 223 Å². The number of amides is 2. The second kappa shape index (κ2) is 12.9. The van der Waals surface area contributed by atoms with Gasteiger partial charge in [0.05, 0.1) is 25.7 Å². The maximum absolute atomic E-state index is 12.1. The molecule has 1 fully saturated rings. The van der Waals surface area contributed by atoms with E-state index in [9.17, 15) is 28.8 Å². The van der Waals surface area contributed by atoms with Crippen molar-refractivity contribution < 1.29 is 47.7 Å². The number of likely N-dealkylation sites (tertiary alicyclic amines) is 1. The minimum atomic E-state index is -0.800. The number of carbonyl (C=O) groups is 6. The Balaban J connectivity index is 0.000000380. The summed E-state index contributed by atoms with van der Waals surface area (Å²) in [7, 11) is 2.54. The van der Waals surface area contributed by atoms with Gasteiger partial charge in [0.2, 0.25) is 11.8 Å². The topological polar surface area (TPSA) is 146 Å². The van der Waals surface area contributed by atoms with E-state index >= 15 is 0 Å². The molecule has 3 atom stereocenters. The highest BCUT2D eigenvalue weighted by Gasteiger charge is 2.43. The predicted molar refractivity (Wildman–Crippen MR) is 134 cm³/mol. The number of esters is 4. The summed E-state index contributed by atoms with van der Waals surface area (Å²) in [6.07, 6.45) is 1.71. The van der Waals surface area contributed by atoms with E-state index in [0.717, 1.165) is 0 Å². The standard InChI is InChI=1S/C13H21NO5.C13H19NO5/c2*1-8(15)14-7-9(11(16)18-5)6-10(14)12(17)19-13(2,3)4/h9-10H,6-7H2,1-5H3;7,10H,6H2,1-5H3/t9-,10-;10-/m00/s1. The van der Waals surface area contributed by atoms with E-state index < -0.39 is 53.1 Å². The van der Waals surface area contributed by atoms with Gasteiger partial charge in [0.25, 0.3) is 0 Å². The van der Waals surface area contributed by atoms with Gasteiger partial charge in [-0.3, -0.25) is 14.4 Å². The van der Waals surface area contributed by atoms with Crippen molar-refractivity contribution in [1.82, 2.24) is 9.80 Å². The molecule has 0 aromatic rings. The zero-order valence-electron chi connectivity index (χ0n) is 23.9. The van der Waals surface area contributed by atoms with Crippen LogP contribution >= 0.6 is 0 Å². The van der Waals surface area contributed by atoms with Crippen LogP contribution in [-0.2, 0) is 47.7 Å². The van der Waals surface area contributed by atoms with Gasteiger partial charge >= 0.3 is 23.9 Å². The molecular formula is C26H40N2O10. The van der Waals surface area contributed by atoms with Crippen LogP contribution in [-0.4, -0.2) is 89.5 Å². The normalized spacial score (nSPS) is 21.0. The molecule has 2 rings (SSSR count). The van der Waals surface area contributed by atoms with E-state index in [4.69, 9.17) is 9.47 Å². The number of hydrogen-bond donors (Lipinski definition) is 0. The smallest absolute Gasteiger partial charge is 0.335 e. The van der Waals surface area contributed by atoms with Crippen molar-refractivity contribution in [3.63, 3.8) is 0 Å². The molecule has 2 heterocycles. The fourth-order valence-corrected chi connectivity index (χ4v) is 3.88. The Kier molecular flexibility index (Phi) is 11.0. The average Bonchev–Trinajstić information content (AvgIpc) is 3.42. The number of hydrogen-bond acceptors (Lipinski definition) is 10. The first-order valence-electron chi connectivity index (χ1n) is 12.2. The minimum Gasteiger partial charge on any atom is -0.469 e. The van der Waals surface area contributed by atoms with Crippen LogP contribution in [0.5, 0.6) is 0 Å². The Morgan fingerprint density at radius 3 is 1.66 bits per heavy atom. The fourth-order valence-electron chi connectivity index (χ4n) is 3.88. The summed E-state index contributed by atoms with van der Waals surface area (Å²) in [6, 6.07) is -1.51. The van der Waals surface area contributed by atoms with Crippen molar-refractivity contribution in [2.24, 2.45) is 5.92 Å². The molecule has 0 aromatic carbocycles. The summed E-state index contributed by atoms with van der Waals surface area (Å²) < 4.78 is 19.8. The fraction of sp³-hybridized carbons (Fsp3) is 0.692. The lowest BCUT2D eigenvalue weighted by atomic mass is 10.1. The van der Waals surface area contributed by atoms with Gasteiger partial charge in [0.1, 0.15) is 23.3 Å². The Morgan fingerprint density at radius 1 is 0.763 bits per heavy atom. The van der Waals surface area contributed by atoms with E-state index in [-0.39, 0.29) is 36.8 Å². The maximum Gasteiger partial charge on any atom is 0.335 e. The summed E-state index contributed by atoms with van der Waals surface area (Å²) in [5.41, 5.74) is -0.982. The second-order valence-corrected chi connectivity index (χ2v) is 11.0. The summed E-state index contributed by atoms with van der Waals surface area (Å²) in [5, 5.41) is 0. The first-order valence-corrected chi connectivity index (χ1v) is 12.2. The number of nitrogens with zero attached hydrogens (tertiary/aromatic N) is 2. The number of carbonyl (C=O) groups excluding carboxylic acids is 6. The van der Waals surface area contributed by atoms with Crippen LogP contribution in [0.15, 0.2) is 11.8 Å². The molecule has 2 aliphatic heterocycles. The summed E-state index contributed by atoms with van der Waals surface area (Å²) in [4.78, 5) is 72.7. The van der Waals surface area contributed by atoms with Gasteiger partial charge in [-0.2, -0.15) is 0 Å². The quantitative estimate of drug-likeness (QED) is 0.382. The van der Waals surface area contributed by atoms with Gasteiger partial charge in [-0.15, -0.1) is 0 Å². The molecular weight excluding hydrogens is 500 g/mol. The van der Waals surface area contributed by atoms with Gasteiger partial charge in [0, 0.05) is 33.0 Å². The SMILES string of the molecule is COC(=O)C1=CN(C(C)=O)[C@H](C(=O)OC(C)(C)C)C1.COC(=O)[C@H]1C[C@@H](C(=O)OC(C)(C)C)N(C(C)=O)C1. The molecule has 0 aromatic heterocycles. The lowest BCUT2D eigenvalue weighted by Gasteiger charge is -2.26. The van der Waals surface area contributed by atoms with Crippen molar-refractivity contribution in [2.75, 3.05) is 20.8 Å². The number of rotatable bonds is 4. The third-order valence-corrected chi connectivity index (χ3v) is 5.45. The predicted octanol–water partition coefficient (Wildman–Crippen LogP) is 1.74. The van der Waals surface area contributed by atoms with E-state index in [1.165, 1.54) is 44.1 Å². The Hall–Kier alpha value is -3.44. The van der Waals surface area contributed by atoms with Crippen molar-refractivity contribution in [3.8, 4) is 0 Å². The van der Waals surface area contributed by atoms with Crippen LogP contribution in [0.4, 0.5) is 0 Å². The number of methoxy groups -OCH3 is 2. The van der Waals surface area contributed by atoms with Crippen molar-refractivity contribution >= 4 is 35.7 Å². The van der Waals surface area contributed by atoms with E-state index in [0.29, 0.717) is 0 Å². The third-order valence-electron chi connectivity index (χ3n) is 5.45. The molecule has 0 aliphatic carbocycles. The van der Waals surface area contributed by atoms with Crippen LogP contribution in [0, 0.1) is 5.92 Å². The van der Waals surface area contributed by atoms with Crippen LogP contribution < -0.4 is 0 Å². The molecule has 0 radical (unpaired) electrons. The molecule has 0 saturated carbocycles. The lowest BCUT2D eigenvalue weighted by molar-refractivity contribution is -0.163. The van der Waals surface area contributed by atoms with Gasteiger partial charge in [-0.1, -0.05) is 0 Å². The highest BCUT2D eigenvalue weighted by molar-refractivity contribution is 5.94. The largest absolute Gasteiger partial charge is 0.469 e. The van der Waals surface area contributed by atoms with Gasteiger partial charge in [-0.05, 0) is 48.0 Å². The first-order chi connectivity index (χ1) is 17.3. The second-order valence-electron chi connectivity index (χ2n) is 11.0. The van der Waals surface area contributed by atoms with Crippen LogP contribution in [0.2, 0.25) is 0 Å². The first kappa shape index (κ1) is 32.6. The zero-order valence-corrected chi connectivity index (χ0v) is 23.9. The summed E-state index contributed by atoms with van der Waals surface area (Å²) >= 11 is 0. The minimum absolute atomic E-state index is 0.112. The molecule has 0 spiro atoms. The summed E-state index contributed by atoms with van der Waals surface area (Å²) in [5.74, 6) is -3.00. The lowest BCUT2D eigenvalue weighted by Crippen LogP contribution is -2.42. The molecule has 2 aliphatic rings. The highest BCUT2D eigenvalue weighted by Crippen LogP contribution is 2.27. The van der Waals surface area contributed by atoms with E-state index in [1.54, 1.807) is 41.5 Å². The van der Waals surface area contributed by atoms with Crippen LogP contribution in [0.3, 0.4) is 0 Å². The highest BCUT2D eigenvalue weighted by atomic mass is 16.6. The molecule has 1 saturated heterocycles. The monoisotopic (exact) mass is 540 g/mol. The van der Waals surface area contributed by atoms with E-state index in [2.05, 4.69) is 9.47 Å². The average molecular weight is 541 g/mol. The molecule has 0 unspecified atom stereocenters. The van der Waals surface area contributed by atoms with Crippen molar-refractivity contribution in [1.29, 1.82) is 0 Å². The zero-order chi connectivity index (χ0) is 29.6. The summed E-state index contributed by atoms with van der Waals surface area (Å²) in [6.45, 7) is 13.4. The van der Waals surface area contributed by atoms with Crippen molar-refractivity contribution in [2.45, 2.75) is 91.5 Å². The molecule has 12 heteroatoms. The van der Waals surface area contributed by atoms with Crippen LogP contribution in [0.25, 0.3) is 0 Å². The Morgan fingerprint density at radius 2 is 1.26 bits per heavy atom. The molecule has 0 N–H and O–H groups in total. The van der Waals surface area contributed by atoms with Gasteiger partial charge in [0.15, 0.2) is 0 Å². The van der Waals surface area contributed by atoms with Gasteiger partial charge < -0.3 is 28.7 Å². The molecule has 2 amide bonds. The maximum atomic E-state index is 12.1. The molecule has 38 heavy (non-hydrogen) atoms. The van der Waals surface area contributed by atoms with Crippen LogP contribution in [0.1, 0.15) is 68.2 Å². The third kappa shape index (κ3) is 9.46. The van der Waals surface area contributed by atoms with E-state index in [1.807, 2.05) is 0 Å². The van der Waals surface area contributed by atoms with Gasteiger partial charge in [-0.25, -0.2) is 14.4 Å². The molecule has 12 nitrogen and oxygen atoms in total.